The van der Waals surface area contributed by atoms with E-state index in [0.717, 1.165) is 12.1 Å². The molecular weight excluding hydrogens is 444 g/mol. The molecular formula is C21H19F2N3O5S. The van der Waals surface area contributed by atoms with E-state index in [1.165, 1.54) is 43.3 Å². The number of H-pyrrole nitrogens is 1. The highest BCUT2D eigenvalue weighted by Gasteiger charge is 2.31. The fourth-order valence-electron chi connectivity index (χ4n) is 3.81. The molecule has 1 atom stereocenters. The fraction of sp³-hybridized carbons (Fsp3) is 0.238. The highest BCUT2D eigenvalue weighted by molar-refractivity contribution is 7.89. The van der Waals surface area contributed by atoms with E-state index in [0.29, 0.717) is 11.3 Å². The minimum absolute atomic E-state index is 0.0357. The van der Waals surface area contributed by atoms with Crippen molar-refractivity contribution in [3.05, 3.63) is 75.2 Å². The van der Waals surface area contributed by atoms with Crippen LogP contribution in [-0.2, 0) is 21.4 Å². The molecule has 2 heterocycles. The van der Waals surface area contributed by atoms with Crippen LogP contribution in [0, 0.1) is 11.6 Å². The Bertz CT molecular complexity index is 1400. The zero-order valence-corrected chi connectivity index (χ0v) is 17.9. The Morgan fingerprint density at radius 2 is 1.88 bits per heavy atom. The van der Waals surface area contributed by atoms with E-state index >= 15 is 0 Å². The Balaban J connectivity index is 1.81. The predicted octanol–water partition coefficient (Wildman–Crippen LogP) is 2.06. The summed E-state index contributed by atoms with van der Waals surface area (Å²) in [6.45, 7) is 0.0812. The van der Waals surface area contributed by atoms with E-state index in [9.17, 15) is 26.8 Å². The highest BCUT2D eigenvalue weighted by Crippen LogP contribution is 2.34. The number of carbonyl (C=O) groups excluding carboxylic acids is 1. The number of fused-ring (bicyclic) bond motifs is 3. The number of hydrogen-bond donors (Lipinski definition) is 2. The van der Waals surface area contributed by atoms with Crippen molar-refractivity contribution in [1.82, 2.24) is 14.6 Å². The second kappa shape index (κ2) is 8.08. The smallest absolute Gasteiger partial charge is 0.256 e. The predicted molar refractivity (Wildman–Crippen MR) is 112 cm³/mol. The van der Waals surface area contributed by atoms with Gasteiger partial charge < -0.3 is 14.6 Å². The molecule has 3 aromatic rings. The average molecular weight is 463 g/mol. The first kappa shape index (κ1) is 22.1. The molecule has 0 unspecified atom stereocenters. The summed E-state index contributed by atoms with van der Waals surface area (Å²) >= 11 is 0. The molecule has 0 spiro atoms. The molecule has 0 aliphatic carbocycles. The first-order valence-electron chi connectivity index (χ1n) is 9.56. The van der Waals surface area contributed by atoms with Crippen LogP contribution < -0.4 is 10.3 Å². The summed E-state index contributed by atoms with van der Waals surface area (Å²) in [5, 5.41) is 0.139. The van der Waals surface area contributed by atoms with Crippen molar-refractivity contribution in [1.29, 1.82) is 0 Å². The van der Waals surface area contributed by atoms with Crippen molar-refractivity contribution in [2.75, 3.05) is 20.7 Å². The third-order valence-electron chi connectivity index (χ3n) is 5.49. The first-order valence-corrected chi connectivity index (χ1v) is 11.0. The quantitative estimate of drug-likeness (QED) is 0.616. The summed E-state index contributed by atoms with van der Waals surface area (Å²) in [7, 11) is -1.01. The van der Waals surface area contributed by atoms with Gasteiger partial charge >= 0.3 is 0 Å². The van der Waals surface area contributed by atoms with Crippen LogP contribution in [-0.4, -0.2) is 44.9 Å². The molecule has 0 saturated carbocycles. The highest BCUT2D eigenvalue weighted by atomic mass is 32.2. The Hall–Kier alpha value is -3.15. The molecule has 2 N–H and O–H groups in total. The third-order valence-corrected chi connectivity index (χ3v) is 6.90. The van der Waals surface area contributed by atoms with Gasteiger partial charge in [-0.2, -0.15) is 0 Å². The Kier molecular flexibility index (Phi) is 5.57. The van der Waals surface area contributed by atoms with Crippen molar-refractivity contribution >= 4 is 26.7 Å². The lowest BCUT2D eigenvalue weighted by atomic mass is 9.95. The Labute approximate surface area is 181 Å². The van der Waals surface area contributed by atoms with Crippen LogP contribution in [0.5, 0.6) is 0 Å². The van der Waals surface area contributed by atoms with Gasteiger partial charge in [-0.1, -0.05) is 6.07 Å². The number of nitrogens with one attached hydrogen (secondary N) is 2. The lowest BCUT2D eigenvalue weighted by Gasteiger charge is -2.34. The number of carbonyl (C=O) groups is 1. The van der Waals surface area contributed by atoms with Gasteiger partial charge in [-0.15, -0.1) is 0 Å². The van der Waals surface area contributed by atoms with Crippen molar-refractivity contribution in [3.63, 3.8) is 0 Å². The molecule has 0 radical (unpaired) electrons. The van der Waals surface area contributed by atoms with Gasteiger partial charge in [0.15, 0.2) is 11.6 Å². The maximum Gasteiger partial charge on any atom is 0.256 e. The number of halogens is 2. The van der Waals surface area contributed by atoms with Crippen molar-refractivity contribution in [2.24, 2.45) is 0 Å². The number of benzene rings is 2. The molecule has 2 aromatic carbocycles. The van der Waals surface area contributed by atoms with Crippen LogP contribution in [0.15, 0.2) is 46.1 Å². The van der Waals surface area contributed by atoms with E-state index < -0.39 is 39.2 Å². The first-order chi connectivity index (χ1) is 15.1. The molecule has 0 fully saturated rings. The number of ether oxygens (including phenoxy) is 1. The molecule has 1 aliphatic rings. The number of pyridine rings is 1. The molecule has 8 nitrogen and oxygen atoms in total. The monoisotopic (exact) mass is 463 g/mol. The van der Waals surface area contributed by atoms with Crippen LogP contribution in [0.4, 0.5) is 8.78 Å². The van der Waals surface area contributed by atoms with Crippen LogP contribution in [0.25, 0.3) is 10.8 Å². The second-order valence-electron chi connectivity index (χ2n) is 7.34. The summed E-state index contributed by atoms with van der Waals surface area (Å²) in [6.07, 6.45) is 0. The molecule has 4 rings (SSSR count). The molecule has 0 bridgehead atoms. The van der Waals surface area contributed by atoms with Crippen LogP contribution >= 0.6 is 0 Å². The topological polar surface area (TPSA) is 109 Å². The second-order valence-corrected chi connectivity index (χ2v) is 9.23. The van der Waals surface area contributed by atoms with Crippen molar-refractivity contribution in [2.45, 2.75) is 17.5 Å². The molecule has 11 heteroatoms. The minimum Gasteiger partial charge on any atom is -0.373 e. The van der Waals surface area contributed by atoms with Gasteiger partial charge in [-0.05, 0) is 42.8 Å². The third kappa shape index (κ3) is 3.68. The summed E-state index contributed by atoms with van der Waals surface area (Å²) < 4.78 is 59.7. The number of aromatic amines is 1. The summed E-state index contributed by atoms with van der Waals surface area (Å²) in [5.41, 5.74) is 0.318. The van der Waals surface area contributed by atoms with Crippen LogP contribution in [0.1, 0.15) is 27.7 Å². The molecule has 0 saturated heterocycles. The lowest BCUT2D eigenvalue weighted by Crippen LogP contribution is -2.37. The van der Waals surface area contributed by atoms with Gasteiger partial charge in [-0.25, -0.2) is 21.9 Å². The lowest BCUT2D eigenvalue weighted by molar-refractivity contribution is 0.0335. The van der Waals surface area contributed by atoms with E-state index in [1.54, 1.807) is 0 Å². The number of nitrogens with zero attached hydrogens (tertiary/aromatic N) is 1. The molecule has 32 heavy (non-hydrogen) atoms. The van der Waals surface area contributed by atoms with Gasteiger partial charge in [0.2, 0.25) is 10.0 Å². The van der Waals surface area contributed by atoms with E-state index in [2.05, 4.69) is 9.71 Å². The molecule has 1 amide bonds. The largest absolute Gasteiger partial charge is 0.373 e. The van der Waals surface area contributed by atoms with Gasteiger partial charge in [0.25, 0.3) is 11.5 Å². The van der Waals surface area contributed by atoms with E-state index in [4.69, 9.17) is 4.74 Å². The number of likely N-dealkylation sites (N-methyl/N-ethyl adjacent to an activating group) is 1. The maximum absolute atomic E-state index is 14.0. The van der Waals surface area contributed by atoms with E-state index in [-0.39, 0.29) is 34.4 Å². The SMILES string of the molecule is CNS(=O)(=O)c1cccc(C(=O)N(C)[C@H]2COCc3[nH]c(=O)c4cc(F)c(F)cc4c32)c1. The van der Waals surface area contributed by atoms with Crippen LogP contribution in [0.2, 0.25) is 0 Å². The normalized spacial score (nSPS) is 16.1. The summed E-state index contributed by atoms with van der Waals surface area (Å²) in [5.74, 6) is -2.78. The standard InChI is InChI=1S/C21H19F2N3O5S/c1-24-32(29,30)12-5-3-4-11(6-12)21(28)26(2)18-10-31-9-17-19(18)13-7-15(22)16(23)8-14(13)20(27)25-17/h3-8,18,24H,9-10H2,1-2H3,(H,25,27)/t18-/m0/s1. The van der Waals surface area contributed by atoms with Crippen molar-refractivity contribution in [3.8, 4) is 0 Å². The Morgan fingerprint density at radius 1 is 1.19 bits per heavy atom. The van der Waals surface area contributed by atoms with Crippen LogP contribution in [0.3, 0.4) is 0 Å². The number of hydrogen-bond acceptors (Lipinski definition) is 5. The number of amides is 1. The maximum atomic E-state index is 14.0. The Morgan fingerprint density at radius 3 is 2.56 bits per heavy atom. The summed E-state index contributed by atoms with van der Waals surface area (Å²) in [6, 6.07) is 6.55. The molecule has 1 aromatic heterocycles. The van der Waals surface area contributed by atoms with Gasteiger partial charge in [0, 0.05) is 23.9 Å². The minimum atomic E-state index is -3.76. The fourth-order valence-corrected chi connectivity index (χ4v) is 4.58. The molecule has 1 aliphatic heterocycles. The van der Waals surface area contributed by atoms with E-state index in [1.807, 2.05) is 0 Å². The van der Waals surface area contributed by atoms with Gasteiger partial charge in [0.05, 0.1) is 29.5 Å². The molecule has 168 valence electrons. The number of rotatable bonds is 4. The zero-order valence-electron chi connectivity index (χ0n) is 17.1. The van der Waals surface area contributed by atoms with Gasteiger partial charge in [0.1, 0.15) is 0 Å². The van der Waals surface area contributed by atoms with Crippen molar-refractivity contribution < 1.29 is 26.7 Å². The van der Waals surface area contributed by atoms with Gasteiger partial charge in [-0.3, -0.25) is 9.59 Å². The average Bonchev–Trinajstić information content (AvgIpc) is 2.79. The zero-order chi connectivity index (χ0) is 23.2. The number of sulfonamides is 1. The number of aromatic nitrogens is 1. The summed E-state index contributed by atoms with van der Waals surface area (Å²) in [4.78, 5) is 29.4.